The first-order chi connectivity index (χ1) is 15.0. The zero-order valence-corrected chi connectivity index (χ0v) is 17.3. The average Bonchev–Trinajstić information content (AvgIpc) is 2.80. The third kappa shape index (κ3) is 5.57. The summed E-state index contributed by atoms with van der Waals surface area (Å²) >= 11 is 0. The normalized spacial score (nSPS) is 11.4. The number of nitrogens with zero attached hydrogens (tertiary/aromatic N) is 2. The Labute approximate surface area is 179 Å². The second-order valence-corrected chi connectivity index (χ2v) is 6.69. The fourth-order valence-electron chi connectivity index (χ4n) is 2.88. The van der Waals surface area contributed by atoms with E-state index < -0.39 is 18.0 Å². The first-order valence-electron chi connectivity index (χ1n) is 9.81. The van der Waals surface area contributed by atoms with Gasteiger partial charge < -0.3 is 14.8 Å². The molecule has 0 saturated carbocycles. The molecule has 1 heterocycles. The molecule has 1 aromatic heterocycles. The third-order valence-electron chi connectivity index (χ3n) is 4.43. The van der Waals surface area contributed by atoms with Crippen LogP contribution in [-0.2, 0) is 16.1 Å². The van der Waals surface area contributed by atoms with Gasteiger partial charge in [0.2, 0.25) is 6.10 Å². The number of aryl methyl sites for hydroxylation is 1. The number of hydrogen-bond acceptors (Lipinski definition) is 6. The number of carbonyl (C=O) groups excluding carboxylic acids is 2. The Kier molecular flexibility index (Phi) is 7.16. The van der Waals surface area contributed by atoms with E-state index in [1.165, 1.54) is 16.8 Å². The Hall–Kier alpha value is -3.94. The molecule has 0 spiro atoms. The van der Waals surface area contributed by atoms with E-state index in [9.17, 15) is 14.4 Å². The summed E-state index contributed by atoms with van der Waals surface area (Å²) in [5.41, 5.74) is 0.669. The second-order valence-electron chi connectivity index (χ2n) is 6.69. The van der Waals surface area contributed by atoms with Crippen molar-refractivity contribution in [1.29, 1.82) is 0 Å². The summed E-state index contributed by atoms with van der Waals surface area (Å²) in [5, 5.41) is 6.80. The Morgan fingerprint density at radius 3 is 2.39 bits per heavy atom. The monoisotopic (exact) mass is 421 g/mol. The Bertz CT molecular complexity index is 1090. The van der Waals surface area contributed by atoms with Crippen molar-refractivity contribution in [2.75, 3.05) is 12.4 Å². The fraction of sp³-hybridized carbons (Fsp3) is 0.217. The summed E-state index contributed by atoms with van der Waals surface area (Å²) in [5.74, 6) is -0.674. The highest BCUT2D eigenvalue weighted by Gasteiger charge is 2.26. The first kappa shape index (κ1) is 21.8. The largest absolute Gasteiger partial charge is 0.497 e. The molecule has 0 aliphatic rings. The smallest absolute Gasteiger partial charge is 0.359 e. The highest BCUT2D eigenvalue weighted by molar-refractivity contribution is 5.97. The number of esters is 1. The minimum absolute atomic E-state index is 0.0498. The maximum Gasteiger partial charge on any atom is 0.359 e. The lowest BCUT2D eigenvalue weighted by atomic mass is 10.1. The highest BCUT2D eigenvalue weighted by Crippen LogP contribution is 2.22. The van der Waals surface area contributed by atoms with E-state index >= 15 is 0 Å². The van der Waals surface area contributed by atoms with Crippen molar-refractivity contribution in [1.82, 2.24) is 9.78 Å². The van der Waals surface area contributed by atoms with E-state index in [0.29, 0.717) is 30.0 Å². The van der Waals surface area contributed by atoms with Crippen LogP contribution in [0.4, 0.5) is 5.69 Å². The molecule has 0 aliphatic carbocycles. The van der Waals surface area contributed by atoms with Gasteiger partial charge in [-0.05, 0) is 36.8 Å². The lowest BCUT2D eigenvalue weighted by Gasteiger charge is -2.18. The van der Waals surface area contributed by atoms with E-state index in [2.05, 4.69) is 10.4 Å². The molecule has 2 aromatic carbocycles. The van der Waals surface area contributed by atoms with Crippen LogP contribution in [-0.4, -0.2) is 28.8 Å². The zero-order chi connectivity index (χ0) is 22.2. The number of carbonyl (C=O) groups is 2. The van der Waals surface area contributed by atoms with Crippen LogP contribution in [0, 0.1) is 0 Å². The van der Waals surface area contributed by atoms with Crippen molar-refractivity contribution < 1.29 is 19.1 Å². The summed E-state index contributed by atoms with van der Waals surface area (Å²) in [7, 11) is 1.55. The van der Waals surface area contributed by atoms with Gasteiger partial charge in [0.05, 0.1) is 7.11 Å². The van der Waals surface area contributed by atoms with E-state index in [0.717, 1.165) is 0 Å². The SMILES string of the molecule is CCCn1nc(C(=O)OC(C(=O)Nc2ccc(OC)cc2)c2ccccc2)ccc1=O. The predicted octanol–water partition coefficient (Wildman–Crippen LogP) is 3.20. The minimum Gasteiger partial charge on any atom is -0.497 e. The molecule has 3 aromatic rings. The number of ether oxygens (including phenoxy) is 2. The number of benzene rings is 2. The van der Waals surface area contributed by atoms with Crippen LogP contribution in [0.2, 0.25) is 0 Å². The number of anilines is 1. The Morgan fingerprint density at radius 1 is 1.03 bits per heavy atom. The van der Waals surface area contributed by atoms with Crippen molar-refractivity contribution in [3.05, 3.63) is 88.3 Å². The van der Waals surface area contributed by atoms with E-state index in [4.69, 9.17) is 9.47 Å². The summed E-state index contributed by atoms with van der Waals surface area (Å²) in [6.07, 6.45) is -0.522. The van der Waals surface area contributed by atoms with Crippen LogP contribution < -0.4 is 15.6 Å². The van der Waals surface area contributed by atoms with Gasteiger partial charge in [-0.3, -0.25) is 9.59 Å². The van der Waals surface area contributed by atoms with Crippen LogP contribution in [0.25, 0.3) is 0 Å². The molecule has 8 nitrogen and oxygen atoms in total. The molecule has 0 fully saturated rings. The molecule has 31 heavy (non-hydrogen) atoms. The van der Waals surface area contributed by atoms with Crippen LogP contribution in [0.1, 0.15) is 35.5 Å². The maximum atomic E-state index is 13.0. The van der Waals surface area contributed by atoms with Crippen molar-refractivity contribution >= 4 is 17.6 Å². The highest BCUT2D eigenvalue weighted by atomic mass is 16.5. The lowest BCUT2D eigenvalue weighted by Crippen LogP contribution is -2.28. The topological polar surface area (TPSA) is 99.5 Å². The molecule has 1 N–H and O–H groups in total. The van der Waals surface area contributed by atoms with Crippen molar-refractivity contribution in [3.63, 3.8) is 0 Å². The van der Waals surface area contributed by atoms with Crippen LogP contribution in [0.5, 0.6) is 5.75 Å². The lowest BCUT2D eigenvalue weighted by molar-refractivity contribution is -0.125. The second kappa shape index (κ2) is 10.2. The fourth-order valence-corrected chi connectivity index (χ4v) is 2.88. The van der Waals surface area contributed by atoms with Crippen molar-refractivity contribution in [2.45, 2.75) is 26.0 Å². The molecular weight excluding hydrogens is 398 g/mol. The molecule has 1 amide bonds. The van der Waals surface area contributed by atoms with Crippen molar-refractivity contribution in [2.24, 2.45) is 0 Å². The van der Waals surface area contributed by atoms with Crippen LogP contribution in [0.15, 0.2) is 71.5 Å². The molecule has 1 atom stereocenters. The van der Waals surface area contributed by atoms with Gasteiger partial charge in [0.15, 0.2) is 5.69 Å². The Morgan fingerprint density at radius 2 is 1.74 bits per heavy atom. The van der Waals surface area contributed by atoms with Gasteiger partial charge in [0.1, 0.15) is 5.75 Å². The predicted molar refractivity (Wildman–Crippen MR) is 115 cm³/mol. The average molecular weight is 421 g/mol. The molecule has 0 radical (unpaired) electrons. The quantitative estimate of drug-likeness (QED) is 0.561. The molecular formula is C23H23N3O5. The van der Waals surface area contributed by atoms with Gasteiger partial charge in [0, 0.05) is 23.9 Å². The molecule has 0 aliphatic heterocycles. The van der Waals surface area contributed by atoms with Gasteiger partial charge >= 0.3 is 5.97 Å². The van der Waals surface area contributed by atoms with Crippen molar-refractivity contribution in [3.8, 4) is 5.75 Å². The number of hydrogen-bond donors (Lipinski definition) is 1. The number of rotatable bonds is 8. The summed E-state index contributed by atoms with van der Waals surface area (Å²) in [4.78, 5) is 37.6. The third-order valence-corrected chi connectivity index (χ3v) is 4.43. The number of amides is 1. The van der Waals surface area contributed by atoms with E-state index in [1.807, 2.05) is 6.92 Å². The minimum atomic E-state index is -1.20. The molecule has 0 saturated heterocycles. The Balaban J connectivity index is 1.84. The van der Waals surface area contributed by atoms with E-state index in [-0.39, 0.29) is 11.3 Å². The number of methoxy groups -OCH3 is 1. The number of nitrogens with one attached hydrogen (secondary N) is 1. The summed E-state index contributed by atoms with van der Waals surface area (Å²) in [6, 6.07) is 18.0. The van der Waals surface area contributed by atoms with Gasteiger partial charge in [-0.25, -0.2) is 9.48 Å². The van der Waals surface area contributed by atoms with Gasteiger partial charge in [-0.2, -0.15) is 5.10 Å². The van der Waals surface area contributed by atoms with Gasteiger partial charge in [0.25, 0.3) is 11.5 Å². The molecule has 3 rings (SSSR count). The van der Waals surface area contributed by atoms with Gasteiger partial charge in [-0.15, -0.1) is 0 Å². The standard InChI is InChI=1S/C23H23N3O5/c1-3-15-26-20(27)14-13-19(25-26)23(29)31-21(16-7-5-4-6-8-16)22(28)24-17-9-11-18(30-2)12-10-17/h4-14,21H,3,15H2,1-2H3,(H,24,28). The maximum absolute atomic E-state index is 13.0. The van der Waals surface area contributed by atoms with Gasteiger partial charge in [-0.1, -0.05) is 37.3 Å². The van der Waals surface area contributed by atoms with E-state index in [1.54, 1.807) is 61.7 Å². The van der Waals surface area contributed by atoms with Crippen LogP contribution in [0.3, 0.4) is 0 Å². The molecule has 8 heteroatoms. The zero-order valence-electron chi connectivity index (χ0n) is 17.3. The first-order valence-corrected chi connectivity index (χ1v) is 9.81. The number of aromatic nitrogens is 2. The molecule has 1 unspecified atom stereocenters. The molecule has 160 valence electrons. The van der Waals surface area contributed by atoms with Crippen LogP contribution >= 0.6 is 0 Å². The summed E-state index contributed by atoms with van der Waals surface area (Å²) < 4.78 is 11.8. The molecule has 0 bridgehead atoms. The summed E-state index contributed by atoms with van der Waals surface area (Å²) in [6.45, 7) is 2.27.